The number of nitrogens with zero attached hydrogens (tertiary/aromatic N) is 1. The van der Waals surface area contributed by atoms with E-state index in [1.807, 2.05) is 24.3 Å². The Morgan fingerprint density at radius 2 is 1.81 bits per heavy atom. The molecule has 1 aromatic heterocycles. The van der Waals surface area contributed by atoms with Gasteiger partial charge in [-0.3, -0.25) is 0 Å². The first-order valence-corrected chi connectivity index (χ1v) is 8.05. The van der Waals surface area contributed by atoms with Gasteiger partial charge in [0.05, 0.1) is 5.69 Å². The van der Waals surface area contributed by atoms with E-state index in [4.69, 9.17) is 10.7 Å². The normalized spacial score (nSPS) is 10.7. The number of aryl methyl sites for hydroxylation is 1. The molecule has 0 saturated carbocycles. The first-order valence-electron chi connectivity index (χ1n) is 7.17. The zero-order chi connectivity index (χ0) is 14.7. The molecule has 0 radical (unpaired) electrons. The van der Waals surface area contributed by atoms with E-state index < -0.39 is 0 Å². The van der Waals surface area contributed by atoms with E-state index in [0.717, 1.165) is 33.9 Å². The van der Waals surface area contributed by atoms with Gasteiger partial charge in [-0.25, -0.2) is 4.98 Å². The minimum absolute atomic E-state index is 0.775. The van der Waals surface area contributed by atoms with Crippen LogP contribution in [-0.2, 0) is 6.42 Å². The predicted molar refractivity (Wildman–Crippen MR) is 91.4 cm³/mol. The second-order valence-corrected chi connectivity index (χ2v) is 5.93. The lowest BCUT2D eigenvalue weighted by Gasteiger charge is -2.02. The van der Waals surface area contributed by atoms with Crippen molar-refractivity contribution in [2.45, 2.75) is 19.8 Å². The summed E-state index contributed by atoms with van der Waals surface area (Å²) in [5, 5.41) is 3.07. The molecule has 3 aromatic rings. The Labute approximate surface area is 129 Å². The van der Waals surface area contributed by atoms with E-state index in [1.54, 1.807) is 11.3 Å². The summed E-state index contributed by atoms with van der Waals surface area (Å²) in [5.74, 6) is 0. The summed E-state index contributed by atoms with van der Waals surface area (Å²) in [6.45, 7) is 2.20. The Bertz CT molecular complexity index is 729. The van der Waals surface area contributed by atoms with Crippen LogP contribution in [-0.4, -0.2) is 4.98 Å². The minimum Gasteiger partial charge on any atom is -0.398 e. The summed E-state index contributed by atoms with van der Waals surface area (Å²) in [4.78, 5) is 4.73. The molecular weight excluding hydrogens is 276 g/mol. The SMILES string of the molecule is CCCc1ccc(-c2csc(-c3ccccc3N)n2)cc1. The molecule has 0 aliphatic heterocycles. The van der Waals surface area contributed by atoms with Crippen molar-refractivity contribution in [3.05, 3.63) is 59.5 Å². The Balaban J connectivity index is 1.89. The van der Waals surface area contributed by atoms with Crippen LogP contribution in [0.4, 0.5) is 5.69 Å². The molecule has 3 rings (SSSR count). The van der Waals surface area contributed by atoms with Crippen molar-refractivity contribution >= 4 is 17.0 Å². The third-order valence-corrected chi connectivity index (χ3v) is 4.36. The van der Waals surface area contributed by atoms with Crippen molar-refractivity contribution < 1.29 is 0 Å². The fraction of sp³-hybridized carbons (Fsp3) is 0.167. The molecule has 0 atom stereocenters. The molecule has 21 heavy (non-hydrogen) atoms. The van der Waals surface area contributed by atoms with Gasteiger partial charge in [0.2, 0.25) is 0 Å². The van der Waals surface area contributed by atoms with Gasteiger partial charge in [-0.05, 0) is 24.1 Å². The molecule has 0 spiro atoms. The van der Waals surface area contributed by atoms with Crippen LogP contribution in [0.25, 0.3) is 21.8 Å². The van der Waals surface area contributed by atoms with Crippen molar-refractivity contribution in [1.82, 2.24) is 4.98 Å². The van der Waals surface area contributed by atoms with Crippen molar-refractivity contribution in [3.63, 3.8) is 0 Å². The smallest absolute Gasteiger partial charge is 0.126 e. The molecule has 0 fully saturated rings. The molecule has 2 nitrogen and oxygen atoms in total. The van der Waals surface area contributed by atoms with Crippen molar-refractivity contribution in [3.8, 4) is 21.8 Å². The van der Waals surface area contributed by atoms with Crippen LogP contribution in [0, 0.1) is 0 Å². The third kappa shape index (κ3) is 2.98. The van der Waals surface area contributed by atoms with E-state index in [1.165, 1.54) is 12.0 Å². The lowest BCUT2D eigenvalue weighted by atomic mass is 10.1. The van der Waals surface area contributed by atoms with Gasteiger partial charge in [0.25, 0.3) is 0 Å². The van der Waals surface area contributed by atoms with Gasteiger partial charge >= 0.3 is 0 Å². The number of hydrogen-bond donors (Lipinski definition) is 1. The average Bonchev–Trinajstić information content (AvgIpc) is 2.98. The van der Waals surface area contributed by atoms with Gasteiger partial charge in [-0.15, -0.1) is 11.3 Å². The summed E-state index contributed by atoms with van der Waals surface area (Å²) in [5.41, 5.74) is 11.4. The molecular formula is C18H18N2S. The second-order valence-electron chi connectivity index (χ2n) is 5.07. The third-order valence-electron chi connectivity index (χ3n) is 3.48. The maximum atomic E-state index is 6.02. The van der Waals surface area contributed by atoms with E-state index in [-0.39, 0.29) is 0 Å². The largest absolute Gasteiger partial charge is 0.398 e. The lowest BCUT2D eigenvalue weighted by Crippen LogP contribution is -1.88. The van der Waals surface area contributed by atoms with E-state index in [2.05, 4.69) is 36.6 Å². The number of anilines is 1. The van der Waals surface area contributed by atoms with Gasteiger partial charge in [-0.1, -0.05) is 49.7 Å². The fourth-order valence-corrected chi connectivity index (χ4v) is 3.23. The van der Waals surface area contributed by atoms with Gasteiger partial charge < -0.3 is 5.73 Å². The van der Waals surface area contributed by atoms with Gasteiger partial charge in [0.1, 0.15) is 5.01 Å². The molecule has 0 unspecified atom stereocenters. The quantitative estimate of drug-likeness (QED) is 0.687. The first-order chi connectivity index (χ1) is 10.3. The zero-order valence-electron chi connectivity index (χ0n) is 12.0. The minimum atomic E-state index is 0.775. The van der Waals surface area contributed by atoms with Gasteiger partial charge in [0.15, 0.2) is 0 Å². The maximum absolute atomic E-state index is 6.02. The summed E-state index contributed by atoms with van der Waals surface area (Å²) >= 11 is 1.63. The van der Waals surface area contributed by atoms with Gasteiger partial charge in [-0.2, -0.15) is 0 Å². The number of rotatable bonds is 4. The van der Waals surface area contributed by atoms with Crippen LogP contribution >= 0.6 is 11.3 Å². The number of thiazole rings is 1. The highest BCUT2D eigenvalue weighted by Gasteiger charge is 2.08. The fourth-order valence-electron chi connectivity index (χ4n) is 2.35. The summed E-state index contributed by atoms with van der Waals surface area (Å²) < 4.78 is 0. The van der Waals surface area contributed by atoms with Crippen molar-refractivity contribution in [2.24, 2.45) is 0 Å². The Morgan fingerprint density at radius 1 is 1.05 bits per heavy atom. The highest BCUT2D eigenvalue weighted by molar-refractivity contribution is 7.13. The zero-order valence-corrected chi connectivity index (χ0v) is 12.9. The van der Waals surface area contributed by atoms with Gasteiger partial charge in [0, 0.05) is 22.2 Å². The van der Waals surface area contributed by atoms with Crippen molar-refractivity contribution in [2.75, 3.05) is 5.73 Å². The molecule has 106 valence electrons. The van der Waals surface area contributed by atoms with Crippen LogP contribution in [0.15, 0.2) is 53.9 Å². The second kappa shape index (κ2) is 6.10. The monoisotopic (exact) mass is 294 g/mol. The molecule has 0 bridgehead atoms. The van der Waals surface area contributed by atoms with Crippen molar-refractivity contribution in [1.29, 1.82) is 0 Å². The van der Waals surface area contributed by atoms with Crippen LogP contribution < -0.4 is 5.73 Å². The molecule has 0 amide bonds. The average molecular weight is 294 g/mol. The van der Waals surface area contributed by atoms with E-state index >= 15 is 0 Å². The Kier molecular flexibility index (Phi) is 4.02. The number of aromatic nitrogens is 1. The van der Waals surface area contributed by atoms with Crippen LogP contribution in [0.3, 0.4) is 0 Å². The van der Waals surface area contributed by atoms with Crippen LogP contribution in [0.2, 0.25) is 0 Å². The number of nitrogen functional groups attached to an aromatic ring is 1. The molecule has 0 saturated heterocycles. The molecule has 1 heterocycles. The Morgan fingerprint density at radius 3 is 2.52 bits per heavy atom. The maximum Gasteiger partial charge on any atom is 0.126 e. The van der Waals surface area contributed by atoms with Crippen LogP contribution in [0.1, 0.15) is 18.9 Å². The highest BCUT2D eigenvalue weighted by atomic mass is 32.1. The Hall–Kier alpha value is -2.13. The van der Waals surface area contributed by atoms with E-state index in [9.17, 15) is 0 Å². The summed E-state index contributed by atoms with van der Waals surface area (Å²) in [6, 6.07) is 16.5. The first kappa shape index (κ1) is 13.8. The van der Waals surface area contributed by atoms with E-state index in [0.29, 0.717) is 0 Å². The summed E-state index contributed by atoms with van der Waals surface area (Å²) in [6.07, 6.45) is 2.30. The number of benzene rings is 2. The lowest BCUT2D eigenvalue weighted by molar-refractivity contribution is 0.922. The molecule has 0 aliphatic carbocycles. The number of para-hydroxylation sites is 1. The number of nitrogens with two attached hydrogens (primary N) is 1. The number of hydrogen-bond acceptors (Lipinski definition) is 3. The topological polar surface area (TPSA) is 38.9 Å². The molecule has 3 heteroatoms. The highest BCUT2D eigenvalue weighted by Crippen LogP contribution is 2.32. The summed E-state index contributed by atoms with van der Waals surface area (Å²) in [7, 11) is 0. The molecule has 2 N–H and O–H groups in total. The molecule has 0 aliphatic rings. The van der Waals surface area contributed by atoms with Crippen LogP contribution in [0.5, 0.6) is 0 Å². The molecule has 2 aromatic carbocycles. The standard InChI is InChI=1S/C18H18N2S/c1-2-5-13-8-10-14(11-9-13)17-12-21-18(20-17)15-6-3-4-7-16(15)19/h3-4,6-12H,2,5,19H2,1H3. The predicted octanol–water partition coefficient (Wildman–Crippen LogP) is 5.01.